The fourth-order valence-corrected chi connectivity index (χ4v) is 3.00. The normalized spacial score (nSPS) is 23.3. The quantitative estimate of drug-likeness (QED) is 0.784. The van der Waals surface area contributed by atoms with E-state index in [4.69, 9.17) is 9.47 Å². The van der Waals surface area contributed by atoms with E-state index in [1.165, 1.54) is 12.1 Å². The maximum Gasteiger partial charge on any atom is 0.338 e. The van der Waals surface area contributed by atoms with Crippen LogP contribution in [-0.4, -0.2) is 54.8 Å². The maximum atomic E-state index is 13.0. The molecule has 0 saturated carbocycles. The Balaban J connectivity index is 1.52. The topological polar surface area (TPSA) is 59.1 Å². The molecule has 1 atom stereocenters. The lowest BCUT2D eigenvalue weighted by molar-refractivity contribution is -0.161. The number of piperazine rings is 1. The molecule has 6 nitrogen and oxygen atoms in total. The summed E-state index contributed by atoms with van der Waals surface area (Å²) in [7, 11) is 0. The largest absolute Gasteiger partial charge is 0.432 e. The van der Waals surface area contributed by atoms with Crippen LogP contribution >= 0.6 is 0 Å². The first-order valence-corrected chi connectivity index (χ1v) is 8.03. The van der Waals surface area contributed by atoms with Crippen LogP contribution in [0, 0.1) is 5.82 Å². The molecule has 24 heavy (non-hydrogen) atoms. The highest BCUT2D eigenvalue weighted by Gasteiger charge is 2.42. The van der Waals surface area contributed by atoms with Crippen LogP contribution in [0.25, 0.3) is 0 Å². The minimum atomic E-state index is -0.969. The van der Waals surface area contributed by atoms with E-state index >= 15 is 0 Å². The molecule has 2 aliphatic rings. The van der Waals surface area contributed by atoms with Gasteiger partial charge in [0.1, 0.15) is 5.82 Å². The Hall–Kier alpha value is -2.15. The van der Waals surface area contributed by atoms with Gasteiger partial charge >= 0.3 is 5.97 Å². The molecule has 3 rings (SSSR count). The number of carbonyl (C=O) groups excluding carboxylic acids is 2. The van der Waals surface area contributed by atoms with Gasteiger partial charge in [-0.3, -0.25) is 4.79 Å². The molecule has 0 radical (unpaired) electrons. The van der Waals surface area contributed by atoms with E-state index in [-0.39, 0.29) is 18.1 Å². The van der Waals surface area contributed by atoms with Crippen molar-refractivity contribution in [2.45, 2.75) is 32.2 Å². The number of esters is 1. The molecule has 1 unspecified atom stereocenters. The Labute approximate surface area is 140 Å². The first-order valence-electron chi connectivity index (χ1n) is 8.03. The van der Waals surface area contributed by atoms with Gasteiger partial charge in [-0.2, -0.15) is 0 Å². The molecule has 0 aromatic heterocycles. The minimum Gasteiger partial charge on any atom is -0.432 e. The van der Waals surface area contributed by atoms with Gasteiger partial charge in [-0.1, -0.05) is 0 Å². The summed E-state index contributed by atoms with van der Waals surface area (Å²) in [6, 6.07) is 6.32. The summed E-state index contributed by atoms with van der Waals surface area (Å²) in [4.78, 5) is 27.9. The number of benzene rings is 1. The van der Waals surface area contributed by atoms with Crippen LogP contribution in [0.15, 0.2) is 24.3 Å². The number of amides is 1. The second-order valence-electron chi connectivity index (χ2n) is 6.48. The van der Waals surface area contributed by atoms with E-state index in [1.807, 2.05) is 0 Å². The lowest BCUT2D eigenvalue weighted by atomic mass is 10.2. The maximum absolute atomic E-state index is 13.0. The number of nitrogens with zero attached hydrogens (tertiary/aromatic N) is 2. The average molecular weight is 336 g/mol. The highest BCUT2D eigenvalue weighted by molar-refractivity contribution is 5.85. The van der Waals surface area contributed by atoms with Gasteiger partial charge in [0, 0.05) is 45.7 Å². The summed E-state index contributed by atoms with van der Waals surface area (Å²) in [5, 5.41) is 0. The Morgan fingerprint density at radius 3 is 2.38 bits per heavy atom. The summed E-state index contributed by atoms with van der Waals surface area (Å²) in [6.45, 7) is 5.74. The van der Waals surface area contributed by atoms with Crippen LogP contribution in [0.2, 0.25) is 0 Å². The average Bonchev–Trinajstić information content (AvgIpc) is 2.80. The van der Waals surface area contributed by atoms with Crippen molar-refractivity contribution in [1.82, 2.24) is 4.90 Å². The molecule has 2 heterocycles. The summed E-state index contributed by atoms with van der Waals surface area (Å²) in [5.41, 5.74) is 0.938. The third kappa shape index (κ3) is 3.67. The first kappa shape index (κ1) is 16.7. The van der Waals surface area contributed by atoms with Gasteiger partial charge in [0.15, 0.2) is 6.10 Å². The Morgan fingerprint density at radius 1 is 1.21 bits per heavy atom. The summed E-state index contributed by atoms with van der Waals surface area (Å²) in [6.07, 6.45) is -0.832. The molecule has 2 saturated heterocycles. The number of halogens is 1. The second kappa shape index (κ2) is 6.39. The first-order chi connectivity index (χ1) is 11.3. The van der Waals surface area contributed by atoms with Crippen LogP contribution in [-0.2, 0) is 19.1 Å². The van der Waals surface area contributed by atoms with Crippen molar-refractivity contribution in [1.29, 1.82) is 0 Å². The zero-order valence-electron chi connectivity index (χ0n) is 13.8. The van der Waals surface area contributed by atoms with Gasteiger partial charge in [-0.25, -0.2) is 9.18 Å². The molecule has 1 amide bonds. The molecule has 2 fully saturated rings. The summed E-state index contributed by atoms with van der Waals surface area (Å²) >= 11 is 0. The molecule has 2 aliphatic heterocycles. The predicted molar refractivity (Wildman–Crippen MR) is 84.9 cm³/mol. The summed E-state index contributed by atoms with van der Waals surface area (Å²) < 4.78 is 23.5. The number of cyclic esters (lactones) is 1. The molecule has 0 aliphatic carbocycles. The lowest BCUT2D eigenvalue weighted by Crippen LogP contribution is -2.49. The van der Waals surface area contributed by atoms with E-state index in [9.17, 15) is 14.0 Å². The fraction of sp³-hybridized carbons (Fsp3) is 0.529. The highest BCUT2D eigenvalue weighted by Crippen LogP contribution is 2.26. The molecule has 0 spiro atoms. The molecule has 1 aromatic rings. The van der Waals surface area contributed by atoms with Gasteiger partial charge in [0.25, 0.3) is 0 Å². The molecule has 1 aromatic carbocycles. The van der Waals surface area contributed by atoms with Crippen molar-refractivity contribution in [3.8, 4) is 0 Å². The van der Waals surface area contributed by atoms with Gasteiger partial charge in [0.05, 0.1) is 6.42 Å². The van der Waals surface area contributed by atoms with Gasteiger partial charge in [-0.15, -0.1) is 0 Å². The number of carbonyl (C=O) groups is 2. The van der Waals surface area contributed by atoms with Crippen LogP contribution in [0.5, 0.6) is 0 Å². The van der Waals surface area contributed by atoms with Crippen LogP contribution in [0.1, 0.15) is 20.3 Å². The van der Waals surface area contributed by atoms with E-state index in [0.717, 1.165) is 5.69 Å². The van der Waals surface area contributed by atoms with Gasteiger partial charge < -0.3 is 19.3 Å². The third-order valence-corrected chi connectivity index (χ3v) is 4.22. The van der Waals surface area contributed by atoms with E-state index in [0.29, 0.717) is 26.2 Å². The van der Waals surface area contributed by atoms with Crippen LogP contribution in [0.3, 0.4) is 0 Å². The predicted octanol–water partition coefficient (Wildman–Crippen LogP) is 1.54. The van der Waals surface area contributed by atoms with Gasteiger partial charge in [-0.05, 0) is 24.3 Å². The highest BCUT2D eigenvalue weighted by atomic mass is 19.1. The lowest BCUT2D eigenvalue weighted by Gasteiger charge is -2.36. The van der Waals surface area contributed by atoms with E-state index < -0.39 is 17.9 Å². The smallest absolute Gasteiger partial charge is 0.338 e. The van der Waals surface area contributed by atoms with Crippen molar-refractivity contribution >= 4 is 17.6 Å². The minimum absolute atomic E-state index is 0.00118. The van der Waals surface area contributed by atoms with E-state index in [1.54, 1.807) is 30.9 Å². The standard InChI is InChI=1S/C17H21FN2O4/c1-17(2)23-14(16(22)24-17)11-15(21)20-9-7-19(8-10-20)13-5-3-12(18)4-6-13/h3-6,14H,7-11H2,1-2H3. The number of rotatable bonds is 3. The summed E-state index contributed by atoms with van der Waals surface area (Å²) in [5.74, 6) is -1.84. The molecule has 7 heteroatoms. The molecule has 0 bridgehead atoms. The fourth-order valence-electron chi connectivity index (χ4n) is 3.00. The second-order valence-corrected chi connectivity index (χ2v) is 6.48. The molecule has 0 N–H and O–H groups in total. The van der Waals surface area contributed by atoms with Crippen molar-refractivity contribution in [2.75, 3.05) is 31.1 Å². The monoisotopic (exact) mass is 336 g/mol. The number of hydrogen-bond donors (Lipinski definition) is 0. The van der Waals surface area contributed by atoms with Crippen molar-refractivity contribution < 1.29 is 23.5 Å². The number of hydrogen-bond acceptors (Lipinski definition) is 5. The van der Waals surface area contributed by atoms with E-state index in [2.05, 4.69) is 4.90 Å². The zero-order chi connectivity index (χ0) is 17.3. The van der Waals surface area contributed by atoms with Gasteiger partial charge in [0.2, 0.25) is 11.7 Å². The molecular weight excluding hydrogens is 315 g/mol. The van der Waals surface area contributed by atoms with Crippen LogP contribution < -0.4 is 4.90 Å². The molecule has 130 valence electrons. The Bertz CT molecular complexity index is 624. The van der Waals surface area contributed by atoms with Crippen LogP contribution in [0.4, 0.5) is 10.1 Å². The number of ether oxygens (including phenoxy) is 2. The van der Waals surface area contributed by atoms with Crippen molar-refractivity contribution in [3.05, 3.63) is 30.1 Å². The third-order valence-electron chi connectivity index (χ3n) is 4.22. The molecular formula is C17H21FN2O4. The van der Waals surface area contributed by atoms with Crippen molar-refractivity contribution in [3.63, 3.8) is 0 Å². The number of anilines is 1. The zero-order valence-corrected chi connectivity index (χ0v) is 13.8. The van der Waals surface area contributed by atoms with Crippen molar-refractivity contribution in [2.24, 2.45) is 0 Å². The SMILES string of the molecule is CC1(C)OC(=O)C(CC(=O)N2CCN(c3ccc(F)cc3)CC2)O1. The Kier molecular flexibility index (Phi) is 4.45. The Morgan fingerprint density at radius 2 is 1.83 bits per heavy atom.